The van der Waals surface area contributed by atoms with Gasteiger partial charge in [0, 0.05) is 16.8 Å². The van der Waals surface area contributed by atoms with E-state index in [-0.39, 0.29) is 13.0 Å². The fourth-order valence-electron chi connectivity index (χ4n) is 2.36. The summed E-state index contributed by atoms with van der Waals surface area (Å²) in [7, 11) is 0. The predicted molar refractivity (Wildman–Crippen MR) is 112 cm³/mol. The number of rotatable bonds is 13. The molecule has 1 atom stereocenters. The van der Waals surface area contributed by atoms with E-state index in [0.29, 0.717) is 11.9 Å². The van der Waals surface area contributed by atoms with Crippen molar-refractivity contribution in [3.8, 4) is 0 Å². The van der Waals surface area contributed by atoms with Gasteiger partial charge in [0.05, 0.1) is 19.6 Å². The average molecular weight is 391 g/mol. The molecule has 0 heterocycles. The molecule has 26 heavy (non-hydrogen) atoms. The lowest BCUT2D eigenvalue weighted by atomic mass is 10.2. The summed E-state index contributed by atoms with van der Waals surface area (Å²) in [5.74, 6) is 2.24. The number of aliphatic carboxylic acids is 1. The van der Waals surface area contributed by atoms with Crippen LogP contribution in [0.5, 0.6) is 0 Å². The minimum absolute atomic E-state index is 0.0683. The fourth-order valence-corrected chi connectivity index (χ4v) is 4.63. The van der Waals surface area contributed by atoms with Gasteiger partial charge in [-0.2, -0.15) is 23.5 Å². The van der Waals surface area contributed by atoms with Gasteiger partial charge in [-0.25, -0.2) is 0 Å². The van der Waals surface area contributed by atoms with Gasteiger partial charge >= 0.3 is 5.97 Å². The first-order valence-corrected chi connectivity index (χ1v) is 11.0. The van der Waals surface area contributed by atoms with Gasteiger partial charge in [0.1, 0.15) is 0 Å². The van der Waals surface area contributed by atoms with Crippen molar-refractivity contribution in [2.45, 2.75) is 29.6 Å². The Kier molecular flexibility index (Phi) is 10.3. The molecule has 0 amide bonds. The van der Waals surface area contributed by atoms with Crippen LogP contribution in [0.1, 0.15) is 24.0 Å². The van der Waals surface area contributed by atoms with Crippen molar-refractivity contribution < 1.29 is 14.6 Å². The van der Waals surface area contributed by atoms with Crippen molar-refractivity contribution in [3.63, 3.8) is 0 Å². The maximum absolute atomic E-state index is 10.6. The normalized spacial score (nSPS) is 12.0. The van der Waals surface area contributed by atoms with E-state index in [2.05, 4.69) is 48.5 Å². The maximum atomic E-state index is 10.6. The maximum Gasteiger partial charge on any atom is 0.305 e. The van der Waals surface area contributed by atoms with E-state index in [1.807, 2.05) is 35.7 Å². The van der Waals surface area contributed by atoms with Gasteiger partial charge in [-0.05, 0) is 23.3 Å². The molecule has 5 heteroatoms. The van der Waals surface area contributed by atoms with E-state index in [1.165, 1.54) is 11.1 Å². The van der Waals surface area contributed by atoms with Gasteiger partial charge in [-0.15, -0.1) is 0 Å². The third kappa shape index (κ3) is 9.32. The summed E-state index contributed by atoms with van der Waals surface area (Å²) < 4.78 is 5.60. The van der Waals surface area contributed by atoms with Crippen LogP contribution in [0.3, 0.4) is 0 Å². The Labute approximate surface area is 164 Å². The first-order chi connectivity index (χ1) is 12.7. The smallest absolute Gasteiger partial charge is 0.305 e. The van der Waals surface area contributed by atoms with Crippen LogP contribution in [0.25, 0.3) is 0 Å². The molecule has 2 rings (SSSR count). The third-order valence-corrected chi connectivity index (χ3v) is 6.19. The largest absolute Gasteiger partial charge is 0.481 e. The lowest BCUT2D eigenvalue weighted by Crippen LogP contribution is -2.15. The molecule has 2 aromatic rings. The molecular formula is C21H26O3S2. The Morgan fingerprint density at radius 1 is 0.962 bits per heavy atom. The zero-order valence-corrected chi connectivity index (χ0v) is 16.5. The average Bonchev–Trinajstić information content (AvgIpc) is 2.67. The predicted octanol–water partition coefficient (Wildman–Crippen LogP) is 5.10. The van der Waals surface area contributed by atoms with Crippen molar-refractivity contribution in [1.82, 2.24) is 0 Å². The summed E-state index contributed by atoms with van der Waals surface area (Å²) in [6, 6.07) is 20.9. The zero-order valence-electron chi connectivity index (χ0n) is 14.9. The van der Waals surface area contributed by atoms with Crippen molar-refractivity contribution in [3.05, 3.63) is 71.8 Å². The van der Waals surface area contributed by atoms with Crippen molar-refractivity contribution in [2.24, 2.45) is 0 Å². The number of hydrogen-bond acceptors (Lipinski definition) is 4. The molecule has 0 saturated carbocycles. The Morgan fingerprint density at radius 2 is 1.58 bits per heavy atom. The summed E-state index contributed by atoms with van der Waals surface area (Å²) in [5.41, 5.74) is 2.66. The van der Waals surface area contributed by atoms with Crippen LogP contribution in [0.2, 0.25) is 0 Å². The van der Waals surface area contributed by atoms with Gasteiger partial charge in [0.15, 0.2) is 0 Å². The van der Waals surface area contributed by atoms with Crippen molar-refractivity contribution in [1.29, 1.82) is 0 Å². The first kappa shape index (κ1) is 20.9. The molecule has 0 radical (unpaired) electrons. The van der Waals surface area contributed by atoms with E-state index < -0.39 is 5.97 Å². The fraction of sp³-hybridized carbons (Fsp3) is 0.381. The van der Waals surface area contributed by atoms with Gasteiger partial charge < -0.3 is 9.84 Å². The first-order valence-electron chi connectivity index (χ1n) is 8.81. The van der Waals surface area contributed by atoms with E-state index >= 15 is 0 Å². The highest BCUT2D eigenvalue weighted by Crippen LogP contribution is 2.23. The highest BCUT2D eigenvalue weighted by atomic mass is 32.2. The number of carboxylic acids is 1. The summed E-state index contributed by atoms with van der Waals surface area (Å²) in [6.45, 7) is 0.894. The molecule has 0 aliphatic heterocycles. The van der Waals surface area contributed by atoms with E-state index in [9.17, 15) is 4.79 Å². The molecule has 0 aliphatic rings. The SMILES string of the molecule is O=C(O)CCOCC(CCSCc1ccccc1)SCc1ccccc1. The molecular weight excluding hydrogens is 364 g/mol. The van der Waals surface area contributed by atoms with Crippen LogP contribution < -0.4 is 0 Å². The van der Waals surface area contributed by atoms with Crippen LogP contribution in [0.15, 0.2) is 60.7 Å². The van der Waals surface area contributed by atoms with E-state index in [1.54, 1.807) is 0 Å². The summed E-state index contributed by atoms with van der Waals surface area (Å²) in [6.07, 6.45) is 1.13. The monoisotopic (exact) mass is 390 g/mol. The molecule has 140 valence electrons. The van der Waals surface area contributed by atoms with Crippen LogP contribution in [-0.2, 0) is 21.0 Å². The van der Waals surface area contributed by atoms with Crippen LogP contribution >= 0.6 is 23.5 Å². The molecule has 3 nitrogen and oxygen atoms in total. The minimum Gasteiger partial charge on any atom is -0.481 e. The van der Waals surface area contributed by atoms with Crippen LogP contribution in [0, 0.1) is 0 Å². The Hall–Kier alpha value is -1.43. The van der Waals surface area contributed by atoms with Gasteiger partial charge in [0.2, 0.25) is 0 Å². The number of benzene rings is 2. The van der Waals surface area contributed by atoms with Crippen LogP contribution in [0.4, 0.5) is 0 Å². The third-order valence-electron chi connectivity index (χ3n) is 3.79. The number of thioether (sulfide) groups is 2. The highest BCUT2D eigenvalue weighted by molar-refractivity contribution is 7.99. The van der Waals surface area contributed by atoms with E-state index in [0.717, 1.165) is 23.7 Å². The van der Waals surface area contributed by atoms with Crippen molar-refractivity contribution >= 4 is 29.5 Å². The van der Waals surface area contributed by atoms with Gasteiger partial charge in [0.25, 0.3) is 0 Å². The number of carbonyl (C=O) groups is 1. The molecule has 2 aromatic carbocycles. The Balaban J connectivity index is 1.72. The summed E-state index contributed by atoms with van der Waals surface area (Å²) in [5, 5.41) is 9.11. The molecule has 0 saturated heterocycles. The second-order valence-corrected chi connectivity index (χ2v) is 8.36. The topological polar surface area (TPSA) is 46.5 Å². The van der Waals surface area contributed by atoms with E-state index in [4.69, 9.17) is 9.84 Å². The molecule has 0 aliphatic carbocycles. The zero-order chi connectivity index (χ0) is 18.5. The Morgan fingerprint density at radius 3 is 2.19 bits per heavy atom. The molecule has 0 fully saturated rings. The standard InChI is InChI=1S/C21H26O3S2/c22-21(23)11-13-24-15-20(26-17-19-9-5-2-6-10-19)12-14-25-16-18-7-3-1-4-8-18/h1-10,20H,11-17H2,(H,22,23). The van der Waals surface area contributed by atoms with Crippen LogP contribution in [-0.4, -0.2) is 35.3 Å². The second-order valence-electron chi connectivity index (χ2n) is 5.96. The van der Waals surface area contributed by atoms with Gasteiger partial charge in [-0.1, -0.05) is 60.7 Å². The number of carboxylic acid groups (broad SMARTS) is 1. The summed E-state index contributed by atoms with van der Waals surface area (Å²) in [4.78, 5) is 10.6. The molecule has 0 bridgehead atoms. The number of hydrogen-bond donors (Lipinski definition) is 1. The Bertz CT molecular complexity index is 620. The lowest BCUT2D eigenvalue weighted by Gasteiger charge is -2.17. The van der Waals surface area contributed by atoms with Crippen molar-refractivity contribution in [2.75, 3.05) is 19.0 Å². The quantitative estimate of drug-likeness (QED) is 0.482. The highest BCUT2D eigenvalue weighted by Gasteiger charge is 2.11. The molecule has 0 spiro atoms. The van der Waals surface area contributed by atoms with Gasteiger partial charge in [-0.3, -0.25) is 4.79 Å². The number of ether oxygens (including phenoxy) is 1. The molecule has 1 N–H and O–H groups in total. The second kappa shape index (κ2) is 12.8. The minimum atomic E-state index is -0.808. The summed E-state index contributed by atoms with van der Waals surface area (Å²) >= 11 is 3.83. The molecule has 1 unspecified atom stereocenters. The molecule has 0 aromatic heterocycles. The lowest BCUT2D eigenvalue weighted by molar-refractivity contribution is -0.138.